The third-order valence-electron chi connectivity index (χ3n) is 6.70. The minimum atomic E-state index is -4.22. The van der Waals surface area contributed by atoms with Crippen molar-refractivity contribution in [2.75, 3.05) is 6.54 Å². The molecular formula is C29H30ClN3O5S. The number of hydrogen-bond acceptors (Lipinski definition) is 5. The maximum absolute atomic E-state index is 13.9. The normalized spacial score (nSPS) is 15.4. The molecule has 2 atom stereocenters. The van der Waals surface area contributed by atoms with E-state index in [0.717, 1.165) is 5.56 Å². The summed E-state index contributed by atoms with van der Waals surface area (Å²) in [7, 11) is -4.22. The van der Waals surface area contributed by atoms with E-state index in [2.05, 4.69) is 5.32 Å². The van der Waals surface area contributed by atoms with Crippen LogP contribution < -0.4 is 5.32 Å². The fraction of sp³-hybridized carbons (Fsp3) is 0.276. The number of rotatable bonds is 10. The van der Waals surface area contributed by atoms with E-state index in [1.807, 2.05) is 44.2 Å². The summed E-state index contributed by atoms with van der Waals surface area (Å²) in [5.74, 6) is -1.83. The first-order valence-electron chi connectivity index (χ1n) is 12.7. The number of carbonyl (C=O) groups excluding carboxylic acids is 3. The fourth-order valence-electron chi connectivity index (χ4n) is 4.43. The van der Waals surface area contributed by atoms with Gasteiger partial charge in [-0.05, 0) is 48.7 Å². The van der Waals surface area contributed by atoms with Gasteiger partial charge in [0.1, 0.15) is 17.5 Å². The van der Waals surface area contributed by atoms with Crippen molar-refractivity contribution in [3.8, 4) is 0 Å². The molecule has 3 amide bonds. The Bertz CT molecular complexity index is 1480. The zero-order valence-corrected chi connectivity index (χ0v) is 23.3. The number of amides is 3. The Kier molecular flexibility index (Phi) is 8.72. The third-order valence-corrected chi connectivity index (χ3v) is 8.73. The van der Waals surface area contributed by atoms with E-state index in [-0.39, 0.29) is 35.4 Å². The molecule has 0 aromatic heterocycles. The van der Waals surface area contributed by atoms with Gasteiger partial charge in [-0.2, -0.15) is 0 Å². The topological polar surface area (TPSA) is 104 Å². The number of nitrogens with zero attached hydrogens (tertiary/aromatic N) is 2. The summed E-state index contributed by atoms with van der Waals surface area (Å²) in [4.78, 5) is 41.7. The monoisotopic (exact) mass is 567 g/mol. The second kappa shape index (κ2) is 12.0. The number of sulfonamides is 1. The van der Waals surface area contributed by atoms with Gasteiger partial charge in [0.25, 0.3) is 15.9 Å². The number of carbonyl (C=O) groups is 3. The van der Waals surface area contributed by atoms with Crippen molar-refractivity contribution in [3.05, 3.63) is 101 Å². The van der Waals surface area contributed by atoms with Gasteiger partial charge in [0.15, 0.2) is 0 Å². The average Bonchev–Trinajstić information content (AvgIpc) is 3.11. The highest BCUT2D eigenvalue weighted by Crippen LogP contribution is 2.30. The van der Waals surface area contributed by atoms with Crippen LogP contribution in [0.1, 0.15) is 41.8 Å². The second-order valence-corrected chi connectivity index (χ2v) is 11.8. The fourth-order valence-corrected chi connectivity index (χ4v) is 6.16. The van der Waals surface area contributed by atoms with Gasteiger partial charge >= 0.3 is 0 Å². The maximum atomic E-state index is 13.9. The van der Waals surface area contributed by atoms with Crippen LogP contribution >= 0.6 is 11.6 Å². The molecule has 204 valence electrons. The molecule has 0 saturated carbocycles. The van der Waals surface area contributed by atoms with Crippen LogP contribution in [0.15, 0.2) is 83.8 Å². The minimum Gasteiger partial charge on any atom is -0.352 e. The predicted octanol–water partition coefficient (Wildman–Crippen LogP) is 4.04. The molecule has 1 heterocycles. The van der Waals surface area contributed by atoms with Gasteiger partial charge in [-0.15, -0.1) is 0 Å². The lowest BCUT2D eigenvalue weighted by atomic mass is 10.0. The van der Waals surface area contributed by atoms with Gasteiger partial charge in [0.2, 0.25) is 11.8 Å². The van der Waals surface area contributed by atoms with Gasteiger partial charge < -0.3 is 10.2 Å². The summed E-state index contributed by atoms with van der Waals surface area (Å²) in [6.45, 7) is 3.05. The first-order valence-corrected chi connectivity index (χ1v) is 14.5. The smallest absolute Gasteiger partial charge is 0.269 e. The van der Waals surface area contributed by atoms with Crippen LogP contribution in [0.4, 0.5) is 0 Å². The molecule has 1 aliphatic rings. The summed E-state index contributed by atoms with van der Waals surface area (Å²) < 4.78 is 26.9. The molecule has 10 heteroatoms. The van der Waals surface area contributed by atoms with E-state index in [0.29, 0.717) is 21.3 Å². The maximum Gasteiger partial charge on any atom is 0.269 e. The molecule has 8 nitrogen and oxygen atoms in total. The molecular weight excluding hydrogens is 538 g/mol. The van der Waals surface area contributed by atoms with E-state index in [9.17, 15) is 22.8 Å². The number of halogens is 1. The summed E-state index contributed by atoms with van der Waals surface area (Å²) in [6, 6.07) is 20.9. The first kappa shape index (κ1) is 28.3. The highest BCUT2D eigenvalue weighted by molar-refractivity contribution is 7.90. The summed E-state index contributed by atoms with van der Waals surface area (Å²) in [6.07, 6.45) is 0.876. The van der Waals surface area contributed by atoms with Crippen molar-refractivity contribution in [2.24, 2.45) is 0 Å². The summed E-state index contributed by atoms with van der Waals surface area (Å²) in [5, 5.41) is 3.41. The molecule has 0 saturated heterocycles. The summed E-state index contributed by atoms with van der Waals surface area (Å²) in [5.41, 5.74) is 1.49. The molecule has 1 aliphatic heterocycles. The van der Waals surface area contributed by atoms with Crippen LogP contribution in [0.5, 0.6) is 0 Å². The third kappa shape index (κ3) is 6.32. The van der Waals surface area contributed by atoms with Crippen LogP contribution in [0.3, 0.4) is 0 Å². The Morgan fingerprint density at radius 1 is 0.974 bits per heavy atom. The van der Waals surface area contributed by atoms with Gasteiger partial charge in [0, 0.05) is 24.0 Å². The van der Waals surface area contributed by atoms with Crippen molar-refractivity contribution in [3.63, 3.8) is 0 Å². The Balaban J connectivity index is 1.72. The number of nitrogens with one attached hydrogen (secondary N) is 1. The van der Waals surface area contributed by atoms with E-state index < -0.39 is 34.4 Å². The zero-order valence-electron chi connectivity index (χ0n) is 21.7. The highest BCUT2D eigenvalue weighted by Gasteiger charge is 2.43. The van der Waals surface area contributed by atoms with E-state index in [4.69, 9.17) is 11.6 Å². The Hall–Kier alpha value is -3.69. The predicted molar refractivity (Wildman–Crippen MR) is 148 cm³/mol. The van der Waals surface area contributed by atoms with Gasteiger partial charge in [-0.3, -0.25) is 14.4 Å². The average molecular weight is 568 g/mol. The van der Waals surface area contributed by atoms with Crippen LogP contribution in [0, 0.1) is 0 Å². The van der Waals surface area contributed by atoms with Gasteiger partial charge in [0.05, 0.1) is 5.56 Å². The van der Waals surface area contributed by atoms with Crippen molar-refractivity contribution in [1.82, 2.24) is 14.5 Å². The second-order valence-electron chi connectivity index (χ2n) is 9.49. The Morgan fingerprint density at radius 2 is 1.64 bits per heavy atom. The Labute approximate surface area is 233 Å². The molecule has 4 rings (SSSR count). The molecule has 0 aliphatic carbocycles. The van der Waals surface area contributed by atoms with Crippen LogP contribution in [-0.2, 0) is 32.6 Å². The molecule has 3 aromatic carbocycles. The lowest BCUT2D eigenvalue weighted by Gasteiger charge is -2.33. The first-order chi connectivity index (χ1) is 18.6. The number of benzene rings is 3. The zero-order chi connectivity index (χ0) is 28.2. The van der Waals surface area contributed by atoms with Crippen LogP contribution in [0.25, 0.3) is 0 Å². The molecule has 0 radical (unpaired) electrons. The van der Waals surface area contributed by atoms with Crippen LogP contribution in [-0.4, -0.2) is 54.0 Å². The van der Waals surface area contributed by atoms with Crippen molar-refractivity contribution < 1.29 is 22.8 Å². The van der Waals surface area contributed by atoms with Crippen molar-refractivity contribution >= 4 is 39.3 Å². The SMILES string of the molecule is CCC(C)NC(=O)C(Cc1ccccc1)N(Cc1cccc(Cl)c1)C(=O)CN1C(=O)c2ccccc2S1(=O)=O. The standard InChI is InChI=1S/C29H30ClN3O5S/c1-3-20(2)31-28(35)25(17-21-10-5-4-6-11-21)32(18-22-12-9-13-23(30)16-22)27(34)19-33-29(36)24-14-7-8-15-26(24)39(33,37)38/h4-16,20,25H,3,17-19H2,1-2H3,(H,31,35). The molecule has 0 bridgehead atoms. The minimum absolute atomic E-state index is 0.0140. The van der Waals surface area contributed by atoms with E-state index >= 15 is 0 Å². The lowest BCUT2D eigenvalue weighted by Crippen LogP contribution is -2.54. The number of hydrogen-bond donors (Lipinski definition) is 1. The lowest BCUT2D eigenvalue weighted by molar-refractivity contribution is -0.141. The van der Waals surface area contributed by atoms with E-state index in [1.54, 1.807) is 30.3 Å². The molecule has 3 aromatic rings. The number of fused-ring (bicyclic) bond motifs is 1. The quantitative estimate of drug-likeness (QED) is 0.398. The van der Waals surface area contributed by atoms with Gasteiger partial charge in [-0.1, -0.05) is 73.1 Å². The van der Waals surface area contributed by atoms with Crippen LogP contribution in [0.2, 0.25) is 5.02 Å². The molecule has 1 N–H and O–H groups in total. The molecule has 0 fully saturated rings. The molecule has 2 unspecified atom stereocenters. The molecule has 39 heavy (non-hydrogen) atoms. The van der Waals surface area contributed by atoms with E-state index in [1.165, 1.54) is 23.1 Å². The Morgan fingerprint density at radius 3 is 2.31 bits per heavy atom. The largest absolute Gasteiger partial charge is 0.352 e. The summed E-state index contributed by atoms with van der Waals surface area (Å²) >= 11 is 6.20. The van der Waals surface area contributed by atoms with Crippen molar-refractivity contribution in [1.29, 1.82) is 0 Å². The van der Waals surface area contributed by atoms with Crippen molar-refractivity contribution in [2.45, 2.75) is 50.2 Å². The van der Waals surface area contributed by atoms with Gasteiger partial charge in [-0.25, -0.2) is 12.7 Å². The molecule has 0 spiro atoms. The highest BCUT2D eigenvalue weighted by atomic mass is 35.5.